The molecule has 6 atom stereocenters. The largest absolute Gasteiger partial charge is 0.411 e. The molecule has 13 heteroatoms. The number of amides is 2. The lowest BCUT2D eigenvalue weighted by atomic mass is 9.76. The summed E-state index contributed by atoms with van der Waals surface area (Å²) in [6.45, 7) is 1.86. The molecule has 10 nitrogen and oxygen atoms in total. The first kappa shape index (κ1) is 33.9. The maximum absolute atomic E-state index is 14.5. The number of hydrogen-bond donors (Lipinski definition) is 4. The second-order valence-corrected chi connectivity index (χ2v) is 14.5. The molecule has 5 N–H and O–H groups in total. The Morgan fingerprint density at radius 2 is 1.72 bits per heavy atom. The Labute approximate surface area is 279 Å². The Bertz CT molecular complexity index is 1740. The molecule has 0 radical (unpaired) electrons. The van der Waals surface area contributed by atoms with Gasteiger partial charge in [0.05, 0.1) is 36.5 Å². The van der Waals surface area contributed by atoms with Crippen LogP contribution in [0.5, 0.6) is 0 Å². The summed E-state index contributed by atoms with van der Waals surface area (Å²) >= 11 is 13.1. The van der Waals surface area contributed by atoms with Crippen LogP contribution in [0.15, 0.2) is 71.9 Å². The minimum absolute atomic E-state index is 0.294. The SMILES string of the molecule is CC(NC(=O)[C@@H]1c2ccccc2C(=O)N([C@H]2CCCC[C@@H]2NS(C)(=O)=O)[C@H]1c1ccc(Cl)cc1Cl)c1ccc(C(N)/C=N/O)cc1. The third-order valence-corrected chi connectivity index (χ3v) is 10.1. The lowest BCUT2D eigenvalue weighted by molar-refractivity contribution is -0.125. The van der Waals surface area contributed by atoms with E-state index < -0.39 is 46.2 Å². The molecule has 3 aromatic rings. The number of hydrogen-bond acceptors (Lipinski definition) is 7. The van der Waals surface area contributed by atoms with Crippen molar-refractivity contribution in [2.75, 3.05) is 6.26 Å². The predicted molar refractivity (Wildman–Crippen MR) is 179 cm³/mol. The van der Waals surface area contributed by atoms with Gasteiger partial charge in [-0.15, -0.1) is 5.16 Å². The van der Waals surface area contributed by atoms with E-state index in [9.17, 15) is 18.0 Å². The van der Waals surface area contributed by atoms with Crippen LogP contribution in [0, 0.1) is 0 Å². The highest BCUT2D eigenvalue weighted by Crippen LogP contribution is 2.48. The van der Waals surface area contributed by atoms with Crippen molar-refractivity contribution < 1.29 is 23.2 Å². The average Bonchev–Trinajstić information content (AvgIpc) is 3.01. The highest BCUT2D eigenvalue weighted by Gasteiger charge is 2.49. The summed E-state index contributed by atoms with van der Waals surface area (Å²) in [6, 6.07) is 16.3. The number of benzene rings is 3. The zero-order valence-electron chi connectivity index (χ0n) is 25.4. The van der Waals surface area contributed by atoms with Crippen molar-refractivity contribution in [2.45, 2.75) is 68.7 Å². The van der Waals surface area contributed by atoms with Gasteiger partial charge in [-0.2, -0.15) is 0 Å². The molecule has 2 amide bonds. The molecular formula is C33H37Cl2N5O5S. The minimum Gasteiger partial charge on any atom is -0.411 e. The number of sulfonamides is 1. The molecule has 46 heavy (non-hydrogen) atoms. The van der Waals surface area contributed by atoms with Crippen LogP contribution in [0.3, 0.4) is 0 Å². The lowest BCUT2D eigenvalue weighted by Gasteiger charge is -2.49. The maximum atomic E-state index is 14.5. The van der Waals surface area contributed by atoms with Gasteiger partial charge in [0.1, 0.15) is 0 Å². The Morgan fingerprint density at radius 1 is 1.04 bits per heavy atom. The van der Waals surface area contributed by atoms with Crippen LogP contribution in [-0.4, -0.2) is 54.9 Å². The number of nitrogens with zero attached hydrogens (tertiary/aromatic N) is 2. The van der Waals surface area contributed by atoms with Crippen molar-refractivity contribution in [2.24, 2.45) is 10.9 Å². The first-order chi connectivity index (χ1) is 21.9. The molecule has 2 unspecified atom stereocenters. The van der Waals surface area contributed by atoms with Crippen molar-refractivity contribution >= 4 is 51.3 Å². The topological polar surface area (TPSA) is 154 Å². The maximum Gasteiger partial charge on any atom is 0.255 e. The van der Waals surface area contributed by atoms with Crippen LogP contribution in [0.25, 0.3) is 0 Å². The highest BCUT2D eigenvalue weighted by atomic mass is 35.5. The van der Waals surface area contributed by atoms with E-state index in [0.29, 0.717) is 39.6 Å². The quantitative estimate of drug-likeness (QED) is 0.133. The molecule has 1 heterocycles. The number of oxime groups is 1. The molecule has 1 saturated carbocycles. The molecule has 1 aliphatic heterocycles. The van der Waals surface area contributed by atoms with Gasteiger partial charge in [-0.1, -0.05) is 84.6 Å². The van der Waals surface area contributed by atoms with E-state index in [2.05, 4.69) is 15.2 Å². The van der Waals surface area contributed by atoms with Crippen LogP contribution >= 0.6 is 23.2 Å². The van der Waals surface area contributed by atoms with Gasteiger partial charge < -0.3 is 21.2 Å². The van der Waals surface area contributed by atoms with Crippen molar-refractivity contribution in [3.63, 3.8) is 0 Å². The highest BCUT2D eigenvalue weighted by molar-refractivity contribution is 7.88. The fourth-order valence-corrected chi connectivity index (χ4v) is 8.02. The number of halogens is 2. The third kappa shape index (κ3) is 7.24. The van der Waals surface area contributed by atoms with E-state index >= 15 is 0 Å². The summed E-state index contributed by atoms with van der Waals surface area (Å²) in [5.74, 6) is -1.51. The van der Waals surface area contributed by atoms with E-state index in [4.69, 9.17) is 34.1 Å². The van der Waals surface area contributed by atoms with E-state index in [1.54, 1.807) is 59.5 Å². The number of carbonyl (C=O) groups is 2. The van der Waals surface area contributed by atoms with E-state index in [0.717, 1.165) is 30.2 Å². The zero-order chi connectivity index (χ0) is 33.2. The van der Waals surface area contributed by atoms with E-state index in [-0.39, 0.29) is 11.8 Å². The first-order valence-electron chi connectivity index (χ1n) is 15.1. The fraction of sp³-hybridized carbons (Fsp3) is 0.364. The summed E-state index contributed by atoms with van der Waals surface area (Å²) in [4.78, 5) is 30.6. The summed E-state index contributed by atoms with van der Waals surface area (Å²) in [6.07, 6.45) is 5.00. The van der Waals surface area contributed by atoms with Gasteiger partial charge >= 0.3 is 0 Å². The van der Waals surface area contributed by atoms with Crippen LogP contribution in [0.2, 0.25) is 10.0 Å². The number of nitrogens with two attached hydrogens (primary N) is 1. The summed E-state index contributed by atoms with van der Waals surface area (Å²) in [5, 5.41) is 15.7. The van der Waals surface area contributed by atoms with E-state index in [1.165, 1.54) is 6.21 Å². The second kappa shape index (κ2) is 14.1. The fourth-order valence-electron chi connectivity index (χ4n) is 6.68. The second-order valence-electron chi connectivity index (χ2n) is 11.9. The van der Waals surface area contributed by atoms with Gasteiger partial charge in [-0.05, 0) is 60.2 Å². The molecule has 2 aliphatic rings. The normalized spacial score (nSPS) is 23.2. The number of rotatable bonds is 9. The van der Waals surface area contributed by atoms with Gasteiger partial charge in [0.15, 0.2) is 0 Å². The molecule has 244 valence electrons. The molecule has 1 aliphatic carbocycles. The van der Waals surface area contributed by atoms with Crippen molar-refractivity contribution in [3.05, 3.63) is 105 Å². The Morgan fingerprint density at radius 3 is 2.39 bits per heavy atom. The summed E-state index contributed by atoms with van der Waals surface area (Å²) in [7, 11) is -3.60. The van der Waals surface area contributed by atoms with Crippen LogP contribution < -0.4 is 15.8 Å². The molecule has 3 aromatic carbocycles. The van der Waals surface area contributed by atoms with Crippen LogP contribution in [0.1, 0.15) is 89.3 Å². The number of nitrogens with one attached hydrogen (secondary N) is 2. The van der Waals surface area contributed by atoms with Crippen molar-refractivity contribution in [1.82, 2.24) is 14.9 Å². The monoisotopic (exact) mass is 685 g/mol. The molecule has 5 rings (SSSR count). The molecule has 1 fully saturated rings. The van der Waals surface area contributed by atoms with Gasteiger partial charge in [0.25, 0.3) is 5.91 Å². The Kier molecular flexibility index (Phi) is 10.4. The Hall–Kier alpha value is -3.48. The smallest absolute Gasteiger partial charge is 0.255 e. The minimum atomic E-state index is -3.60. The molecule has 0 aromatic heterocycles. The number of carbonyl (C=O) groups excluding carboxylic acids is 2. The van der Waals surface area contributed by atoms with Crippen molar-refractivity contribution in [1.29, 1.82) is 0 Å². The Balaban J connectivity index is 1.59. The standard InChI is InChI=1S/C33H37Cl2N5O5S/c1-19(20-11-13-21(14-12-20)27(36)18-37-43)38-32(41)30-23-7-3-4-8-24(23)33(42)40(31(30)25-16-15-22(34)17-26(25)35)29-10-6-5-9-28(29)39-46(2,44)45/h3-4,7-8,11-19,27-31,39,43H,5-6,9-10,36H2,1-2H3,(H,38,41)/b37-18+/t19?,27?,28-,29-,30+,31-/m0/s1. The number of fused-ring (bicyclic) bond motifs is 1. The molecule has 0 saturated heterocycles. The first-order valence-corrected chi connectivity index (χ1v) is 17.7. The van der Waals surface area contributed by atoms with Crippen LogP contribution in [0.4, 0.5) is 0 Å². The van der Waals surface area contributed by atoms with Gasteiger partial charge in [0.2, 0.25) is 15.9 Å². The van der Waals surface area contributed by atoms with Gasteiger partial charge in [-0.3, -0.25) is 9.59 Å². The summed E-state index contributed by atoms with van der Waals surface area (Å²) in [5.41, 5.74) is 9.02. The van der Waals surface area contributed by atoms with Crippen LogP contribution in [-0.2, 0) is 14.8 Å². The molecule has 0 bridgehead atoms. The van der Waals surface area contributed by atoms with Crippen molar-refractivity contribution in [3.8, 4) is 0 Å². The average molecular weight is 687 g/mol. The van der Waals surface area contributed by atoms with Gasteiger partial charge in [0, 0.05) is 27.7 Å². The molecular weight excluding hydrogens is 649 g/mol. The predicted octanol–water partition coefficient (Wildman–Crippen LogP) is 5.47. The lowest BCUT2D eigenvalue weighted by Crippen LogP contribution is -2.59. The van der Waals surface area contributed by atoms with E-state index in [1.807, 2.05) is 19.1 Å². The third-order valence-electron chi connectivity index (χ3n) is 8.80. The molecule has 0 spiro atoms. The zero-order valence-corrected chi connectivity index (χ0v) is 27.8. The van der Waals surface area contributed by atoms with Gasteiger partial charge in [-0.25, -0.2) is 13.1 Å². The summed E-state index contributed by atoms with van der Waals surface area (Å²) < 4.78 is 27.6.